The van der Waals surface area contributed by atoms with E-state index in [0.717, 1.165) is 48.7 Å². The summed E-state index contributed by atoms with van der Waals surface area (Å²) in [4.78, 5) is 28.2. The number of nitrogens with zero attached hydrogens (tertiary/aromatic N) is 8. The van der Waals surface area contributed by atoms with Crippen molar-refractivity contribution in [3.05, 3.63) is 43.0 Å². The summed E-state index contributed by atoms with van der Waals surface area (Å²) in [5.74, 6) is 1.00. The molecule has 2 aliphatic heterocycles. The minimum absolute atomic E-state index is 0.0113. The van der Waals surface area contributed by atoms with Crippen molar-refractivity contribution in [2.24, 2.45) is 5.92 Å². The summed E-state index contributed by atoms with van der Waals surface area (Å²) in [6, 6.07) is 5.76. The molecule has 0 aromatic carbocycles. The number of hydrogen-bond acceptors (Lipinski definition) is 8. The van der Waals surface area contributed by atoms with Crippen molar-refractivity contribution in [3.63, 3.8) is 0 Å². The zero-order chi connectivity index (χ0) is 20.3. The summed E-state index contributed by atoms with van der Waals surface area (Å²) >= 11 is 1.57. The van der Waals surface area contributed by atoms with Gasteiger partial charge in [0.15, 0.2) is 0 Å². The number of amides is 1. The van der Waals surface area contributed by atoms with E-state index in [1.807, 2.05) is 40.1 Å². The number of carbonyl (C=O) groups excluding carboxylic acids is 1. The number of piperidine rings is 1. The fourth-order valence-corrected chi connectivity index (χ4v) is 4.94. The highest BCUT2D eigenvalue weighted by Gasteiger charge is 2.32. The Morgan fingerprint density at radius 1 is 0.900 bits per heavy atom. The van der Waals surface area contributed by atoms with Crippen LogP contribution < -0.4 is 9.80 Å². The number of carbonyl (C=O) groups is 1. The molecule has 0 radical (unpaired) electrons. The van der Waals surface area contributed by atoms with E-state index in [1.54, 1.807) is 23.7 Å². The molecule has 2 saturated heterocycles. The van der Waals surface area contributed by atoms with Gasteiger partial charge in [0.25, 0.3) is 0 Å². The zero-order valence-corrected chi connectivity index (χ0v) is 17.5. The monoisotopic (exact) mass is 424 g/mol. The molecule has 3 aromatic heterocycles. The van der Waals surface area contributed by atoms with Crippen molar-refractivity contribution in [3.8, 4) is 5.13 Å². The molecule has 30 heavy (non-hydrogen) atoms. The first kappa shape index (κ1) is 19.0. The Kier molecular flexibility index (Phi) is 5.31. The van der Waals surface area contributed by atoms with Gasteiger partial charge in [0.2, 0.25) is 22.1 Å². The molecular formula is C20H24N8OS. The molecule has 0 spiro atoms. The van der Waals surface area contributed by atoms with Gasteiger partial charge in [0.1, 0.15) is 0 Å². The second-order valence-electron chi connectivity index (χ2n) is 7.60. The lowest BCUT2D eigenvalue weighted by atomic mass is 9.96. The highest BCUT2D eigenvalue weighted by molar-refractivity contribution is 7.17. The molecule has 1 atom stereocenters. The molecule has 10 heteroatoms. The number of rotatable bonds is 4. The van der Waals surface area contributed by atoms with Crippen LogP contribution in [-0.4, -0.2) is 74.8 Å². The lowest BCUT2D eigenvalue weighted by Crippen LogP contribution is -2.53. The quantitative estimate of drug-likeness (QED) is 0.630. The van der Waals surface area contributed by atoms with E-state index in [2.05, 4.69) is 30.0 Å². The number of aromatic nitrogens is 5. The van der Waals surface area contributed by atoms with Gasteiger partial charge in [-0.1, -0.05) is 11.3 Å². The Labute approximate surface area is 179 Å². The minimum atomic E-state index is 0.0113. The van der Waals surface area contributed by atoms with E-state index in [4.69, 9.17) is 0 Å². The Morgan fingerprint density at radius 2 is 1.63 bits per heavy atom. The minimum Gasteiger partial charge on any atom is -0.346 e. The van der Waals surface area contributed by atoms with Gasteiger partial charge in [-0.3, -0.25) is 9.36 Å². The van der Waals surface area contributed by atoms with E-state index in [1.165, 1.54) is 0 Å². The molecule has 1 amide bonds. The van der Waals surface area contributed by atoms with Gasteiger partial charge in [0, 0.05) is 64.1 Å². The first-order chi connectivity index (χ1) is 14.8. The van der Waals surface area contributed by atoms with Crippen molar-refractivity contribution < 1.29 is 4.79 Å². The molecule has 0 bridgehead atoms. The molecule has 2 fully saturated rings. The molecule has 3 aromatic rings. The van der Waals surface area contributed by atoms with Crippen LogP contribution in [0.2, 0.25) is 0 Å². The summed E-state index contributed by atoms with van der Waals surface area (Å²) in [5.41, 5.74) is 0. The Morgan fingerprint density at radius 3 is 2.40 bits per heavy atom. The SMILES string of the molecule is O=C(C1CCCN(c2nnc(-n3cccc3)s2)C1)N1CCN(c2ncccn2)CC1. The summed E-state index contributed by atoms with van der Waals surface area (Å²) < 4.78 is 1.96. The van der Waals surface area contributed by atoms with Gasteiger partial charge in [0.05, 0.1) is 5.92 Å². The third-order valence-corrected chi connectivity index (χ3v) is 6.69. The van der Waals surface area contributed by atoms with Crippen LogP contribution in [-0.2, 0) is 4.79 Å². The lowest BCUT2D eigenvalue weighted by molar-refractivity contribution is -0.136. The van der Waals surface area contributed by atoms with Gasteiger partial charge in [-0.05, 0) is 31.0 Å². The smallest absolute Gasteiger partial charge is 0.227 e. The van der Waals surface area contributed by atoms with Crippen molar-refractivity contribution in [1.29, 1.82) is 0 Å². The summed E-state index contributed by atoms with van der Waals surface area (Å²) in [5, 5.41) is 10.4. The molecule has 1 unspecified atom stereocenters. The van der Waals surface area contributed by atoms with Crippen LogP contribution in [0.15, 0.2) is 43.0 Å². The molecule has 0 aliphatic carbocycles. The molecule has 2 aliphatic rings. The van der Waals surface area contributed by atoms with Gasteiger partial charge >= 0.3 is 0 Å². The maximum absolute atomic E-state index is 13.2. The van der Waals surface area contributed by atoms with E-state index in [-0.39, 0.29) is 11.8 Å². The van der Waals surface area contributed by atoms with Gasteiger partial charge in [-0.25, -0.2) is 9.97 Å². The average molecular weight is 425 g/mol. The molecule has 0 saturated carbocycles. The third-order valence-electron chi connectivity index (χ3n) is 5.70. The van der Waals surface area contributed by atoms with Crippen molar-refractivity contribution in [1.82, 2.24) is 29.6 Å². The van der Waals surface area contributed by atoms with Crippen molar-refractivity contribution in [2.75, 3.05) is 49.1 Å². The van der Waals surface area contributed by atoms with Crippen LogP contribution in [0.25, 0.3) is 5.13 Å². The summed E-state index contributed by atoms with van der Waals surface area (Å²) in [7, 11) is 0. The average Bonchev–Trinajstić information content (AvgIpc) is 3.52. The van der Waals surface area contributed by atoms with E-state index < -0.39 is 0 Å². The van der Waals surface area contributed by atoms with Crippen LogP contribution in [0.4, 0.5) is 11.1 Å². The van der Waals surface area contributed by atoms with Crippen LogP contribution in [0.3, 0.4) is 0 Å². The van der Waals surface area contributed by atoms with E-state index in [0.29, 0.717) is 19.6 Å². The van der Waals surface area contributed by atoms with Crippen molar-refractivity contribution >= 4 is 28.3 Å². The lowest BCUT2D eigenvalue weighted by Gasteiger charge is -2.38. The van der Waals surface area contributed by atoms with Crippen LogP contribution in [0.1, 0.15) is 12.8 Å². The second kappa shape index (κ2) is 8.39. The number of piperazine rings is 1. The molecule has 5 rings (SSSR count). The highest BCUT2D eigenvalue weighted by atomic mass is 32.1. The largest absolute Gasteiger partial charge is 0.346 e. The standard InChI is InChI=1S/C20H24N8OS/c29-17(25-11-13-26(14-12-25)18-21-6-4-7-22-18)16-5-3-10-28(15-16)20-24-23-19(30-20)27-8-1-2-9-27/h1-2,4,6-9,16H,3,5,10-15H2. The third kappa shape index (κ3) is 3.87. The Balaban J connectivity index is 1.20. The fraction of sp³-hybridized carbons (Fsp3) is 0.450. The van der Waals surface area contributed by atoms with Crippen LogP contribution in [0.5, 0.6) is 0 Å². The van der Waals surface area contributed by atoms with Crippen LogP contribution in [0, 0.1) is 5.92 Å². The predicted octanol–water partition coefficient (Wildman–Crippen LogP) is 1.68. The van der Waals surface area contributed by atoms with E-state index >= 15 is 0 Å². The molecule has 9 nitrogen and oxygen atoms in total. The molecule has 156 valence electrons. The zero-order valence-electron chi connectivity index (χ0n) is 16.7. The van der Waals surface area contributed by atoms with Gasteiger partial charge in [-0.15, -0.1) is 10.2 Å². The normalized spacial score (nSPS) is 19.9. The molecule has 0 N–H and O–H groups in total. The Bertz CT molecular complexity index is 968. The second-order valence-corrected chi connectivity index (χ2v) is 8.54. The van der Waals surface area contributed by atoms with Crippen LogP contribution >= 0.6 is 11.3 Å². The summed E-state index contributed by atoms with van der Waals surface area (Å²) in [6.07, 6.45) is 9.37. The maximum atomic E-state index is 13.2. The predicted molar refractivity (Wildman–Crippen MR) is 115 cm³/mol. The molecular weight excluding hydrogens is 400 g/mol. The first-order valence-electron chi connectivity index (χ1n) is 10.3. The number of anilines is 2. The first-order valence-corrected chi connectivity index (χ1v) is 11.1. The summed E-state index contributed by atoms with van der Waals surface area (Å²) in [6.45, 7) is 4.59. The fourth-order valence-electron chi connectivity index (χ4n) is 4.09. The highest BCUT2D eigenvalue weighted by Crippen LogP contribution is 2.28. The van der Waals surface area contributed by atoms with Gasteiger partial charge < -0.3 is 14.7 Å². The Hall–Kier alpha value is -3.01. The number of hydrogen-bond donors (Lipinski definition) is 0. The van der Waals surface area contributed by atoms with E-state index in [9.17, 15) is 4.79 Å². The topological polar surface area (TPSA) is 83.3 Å². The maximum Gasteiger partial charge on any atom is 0.227 e. The molecule has 5 heterocycles. The van der Waals surface area contributed by atoms with Crippen molar-refractivity contribution in [2.45, 2.75) is 12.8 Å². The van der Waals surface area contributed by atoms with Gasteiger partial charge in [-0.2, -0.15) is 0 Å².